The maximum absolute atomic E-state index is 11.3. The zero-order valence-corrected chi connectivity index (χ0v) is 22.8. The Balaban J connectivity index is 1.43. The summed E-state index contributed by atoms with van der Waals surface area (Å²) in [5.41, 5.74) is 5.03. The molecule has 0 aliphatic carbocycles. The number of ether oxygens (including phenoxy) is 1. The van der Waals surface area contributed by atoms with Gasteiger partial charge < -0.3 is 9.84 Å². The molecule has 0 atom stereocenters. The highest BCUT2D eigenvalue weighted by Gasteiger charge is 2.19. The van der Waals surface area contributed by atoms with Crippen molar-refractivity contribution < 1.29 is 14.6 Å². The molecule has 2 aromatic heterocycles. The smallest absolute Gasteiger partial charge is 0.335 e. The van der Waals surface area contributed by atoms with Gasteiger partial charge in [-0.3, -0.25) is 0 Å². The van der Waals surface area contributed by atoms with Crippen molar-refractivity contribution in [1.82, 2.24) is 9.78 Å². The van der Waals surface area contributed by atoms with Crippen LogP contribution < -0.4 is 4.74 Å². The van der Waals surface area contributed by atoms with E-state index in [1.807, 2.05) is 49.5 Å². The number of aromatic nitrogens is 2. The minimum Gasteiger partial charge on any atom is -0.487 e. The first kappa shape index (κ1) is 25.3. The Morgan fingerprint density at radius 3 is 2.51 bits per heavy atom. The number of carboxylic acids is 1. The monoisotopic (exact) mass is 550 g/mol. The summed E-state index contributed by atoms with van der Waals surface area (Å²) in [6, 6.07) is 18.7. The number of para-hydroxylation sites is 1. The number of carbonyl (C=O) groups is 1. The second kappa shape index (κ2) is 10.2. The highest BCUT2D eigenvalue weighted by molar-refractivity contribution is 7.22. The Kier molecular flexibility index (Phi) is 6.99. The molecule has 3 aromatic carbocycles. The number of halogens is 2. The Morgan fingerprint density at radius 2 is 1.84 bits per heavy atom. The van der Waals surface area contributed by atoms with Gasteiger partial charge in [0.1, 0.15) is 18.0 Å². The average molecular weight is 551 g/mol. The summed E-state index contributed by atoms with van der Waals surface area (Å²) in [6.07, 6.45) is 1.84. The Morgan fingerprint density at radius 1 is 1.08 bits per heavy atom. The summed E-state index contributed by atoms with van der Waals surface area (Å²) in [7, 11) is 0. The van der Waals surface area contributed by atoms with Gasteiger partial charge in [-0.15, -0.1) is 11.3 Å². The molecule has 0 amide bonds. The first-order valence-corrected chi connectivity index (χ1v) is 13.3. The zero-order chi connectivity index (χ0) is 26.3. The number of thiophene rings is 1. The van der Waals surface area contributed by atoms with Crippen LogP contribution in [0.3, 0.4) is 0 Å². The number of hydrogen-bond donors (Lipinski definition) is 1. The number of nitrogens with zero attached hydrogens (tertiary/aromatic N) is 2. The van der Waals surface area contributed by atoms with Gasteiger partial charge in [0.2, 0.25) is 0 Å². The first-order chi connectivity index (χ1) is 17.7. The number of benzene rings is 3. The number of aryl methyl sites for hydroxylation is 1. The van der Waals surface area contributed by atoms with Gasteiger partial charge >= 0.3 is 5.97 Å². The fourth-order valence-electron chi connectivity index (χ4n) is 4.36. The predicted octanol–water partition coefficient (Wildman–Crippen LogP) is 8.77. The lowest BCUT2D eigenvalue weighted by Crippen LogP contribution is -2.09. The molecule has 0 aliphatic heterocycles. The molecule has 0 spiro atoms. The lowest BCUT2D eigenvalue weighted by Gasteiger charge is -2.15. The summed E-state index contributed by atoms with van der Waals surface area (Å²) in [6.45, 7) is 6.57. The van der Waals surface area contributed by atoms with Crippen molar-refractivity contribution in [3.8, 4) is 21.9 Å². The summed E-state index contributed by atoms with van der Waals surface area (Å²) in [5.74, 6) is 0.0571. The highest BCUT2D eigenvalue weighted by Crippen LogP contribution is 2.37. The van der Waals surface area contributed by atoms with Crippen LogP contribution in [-0.2, 0) is 6.61 Å². The van der Waals surface area contributed by atoms with Crippen LogP contribution in [0.5, 0.6) is 5.75 Å². The number of hydrogen-bond acceptors (Lipinski definition) is 4. The third kappa shape index (κ3) is 4.97. The van der Waals surface area contributed by atoms with Crippen LogP contribution in [0.15, 0.2) is 66.9 Å². The molecule has 5 nitrogen and oxygen atoms in total. The van der Waals surface area contributed by atoms with Gasteiger partial charge in [-0.25, -0.2) is 9.48 Å². The molecule has 188 valence electrons. The van der Waals surface area contributed by atoms with Gasteiger partial charge in [-0.05, 0) is 89.5 Å². The van der Waals surface area contributed by atoms with Crippen molar-refractivity contribution in [2.75, 3.05) is 0 Å². The highest BCUT2D eigenvalue weighted by atomic mass is 35.5. The maximum Gasteiger partial charge on any atom is 0.335 e. The van der Waals surface area contributed by atoms with Gasteiger partial charge in [0.15, 0.2) is 0 Å². The molecule has 0 saturated heterocycles. The minimum absolute atomic E-state index is 0.243. The third-order valence-corrected chi connectivity index (χ3v) is 8.03. The lowest BCUT2D eigenvalue weighted by atomic mass is 10.0. The van der Waals surface area contributed by atoms with Crippen molar-refractivity contribution in [2.45, 2.75) is 33.3 Å². The molecule has 0 bridgehead atoms. The van der Waals surface area contributed by atoms with Gasteiger partial charge in [-0.1, -0.05) is 43.1 Å². The van der Waals surface area contributed by atoms with Crippen LogP contribution >= 0.6 is 34.5 Å². The van der Waals surface area contributed by atoms with Gasteiger partial charge in [-0.2, -0.15) is 5.10 Å². The van der Waals surface area contributed by atoms with E-state index >= 15 is 0 Å². The molecule has 0 saturated carbocycles. The lowest BCUT2D eigenvalue weighted by molar-refractivity contribution is 0.0697. The van der Waals surface area contributed by atoms with Gasteiger partial charge in [0.05, 0.1) is 27.5 Å². The number of fused-ring (bicyclic) bond motifs is 1. The van der Waals surface area contributed by atoms with Crippen molar-refractivity contribution in [2.24, 2.45) is 0 Å². The molecule has 0 radical (unpaired) electrons. The maximum atomic E-state index is 11.3. The van der Waals surface area contributed by atoms with E-state index in [2.05, 4.69) is 18.9 Å². The molecule has 2 heterocycles. The quantitative estimate of drug-likeness (QED) is 0.220. The Labute approximate surface area is 228 Å². The van der Waals surface area contributed by atoms with E-state index in [1.165, 1.54) is 0 Å². The summed E-state index contributed by atoms with van der Waals surface area (Å²) in [5, 5.41) is 15.8. The van der Waals surface area contributed by atoms with Crippen LogP contribution in [0.4, 0.5) is 0 Å². The number of rotatable bonds is 7. The van der Waals surface area contributed by atoms with E-state index in [9.17, 15) is 9.90 Å². The fraction of sp³-hybridized carbons (Fsp3) is 0.172. The van der Waals surface area contributed by atoms with E-state index < -0.39 is 5.97 Å². The molecule has 5 rings (SSSR count). The molecule has 0 unspecified atom stereocenters. The van der Waals surface area contributed by atoms with Crippen molar-refractivity contribution >= 4 is 50.6 Å². The number of aromatic carboxylic acids is 1. The molecule has 1 N–H and O–H groups in total. The van der Waals surface area contributed by atoms with Crippen LogP contribution in [0.1, 0.15) is 46.9 Å². The SMILES string of the molecule is Cc1cc(OCc2c(C(C)C)cnn2-c2c(Cl)cccc2Cl)ccc1-c1cc2cc(C(=O)O)ccc2s1. The molecular formula is C29H24Cl2N2O3S. The van der Waals surface area contributed by atoms with E-state index in [0.717, 1.165) is 43.1 Å². The molecule has 0 fully saturated rings. The first-order valence-electron chi connectivity index (χ1n) is 11.7. The Hall–Kier alpha value is -3.32. The summed E-state index contributed by atoms with van der Waals surface area (Å²) in [4.78, 5) is 12.4. The van der Waals surface area contributed by atoms with Crippen molar-refractivity contribution in [3.05, 3.63) is 99.3 Å². The van der Waals surface area contributed by atoms with Crippen molar-refractivity contribution in [3.63, 3.8) is 0 Å². The van der Waals surface area contributed by atoms with E-state index in [4.69, 9.17) is 27.9 Å². The van der Waals surface area contributed by atoms with E-state index in [1.54, 1.807) is 40.3 Å². The fourth-order valence-corrected chi connectivity index (χ4v) is 6.05. The molecular weight excluding hydrogens is 527 g/mol. The van der Waals surface area contributed by atoms with Crippen LogP contribution in [-0.4, -0.2) is 20.9 Å². The zero-order valence-electron chi connectivity index (χ0n) is 20.5. The minimum atomic E-state index is -0.925. The molecule has 37 heavy (non-hydrogen) atoms. The normalized spacial score (nSPS) is 11.4. The van der Waals surface area contributed by atoms with Crippen molar-refractivity contribution in [1.29, 1.82) is 0 Å². The van der Waals surface area contributed by atoms with Crippen LogP contribution in [0.2, 0.25) is 10.0 Å². The van der Waals surface area contributed by atoms with E-state index in [-0.39, 0.29) is 11.5 Å². The van der Waals surface area contributed by atoms with Gasteiger partial charge in [0, 0.05) is 9.58 Å². The summed E-state index contributed by atoms with van der Waals surface area (Å²) < 4.78 is 9.06. The topological polar surface area (TPSA) is 64.4 Å². The van der Waals surface area contributed by atoms with E-state index in [0.29, 0.717) is 22.3 Å². The van der Waals surface area contributed by atoms with Gasteiger partial charge in [0.25, 0.3) is 0 Å². The second-order valence-electron chi connectivity index (χ2n) is 9.12. The summed E-state index contributed by atoms with van der Waals surface area (Å²) >= 11 is 14.6. The average Bonchev–Trinajstić information content (AvgIpc) is 3.46. The number of carboxylic acid groups (broad SMARTS) is 1. The second-order valence-corrected chi connectivity index (χ2v) is 11.0. The van der Waals surface area contributed by atoms with Crippen LogP contribution in [0, 0.1) is 6.92 Å². The molecule has 0 aliphatic rings. The molecule has 8 heteroatoms. The predicted molar refractivity (Wildman–Crippen MR) is 151 cm³/mol. The largest absolute Gasteiger partial charge is 0.487 e. The molecule has 5 aromatic rings. The standard InChI is InChI=1S/C29H24Cl2N2O3S/c1-16(2)22-14-32-33(28-23(30)5-4-6-24(28)31)25(22)15-36-20-8-9-21(17(3)11-20)27-13-19-12-18(29(34)35)7-10-26(19)37-27/h4-14,16H,15H2,1-3H3,(H,34,35). The van der Waals surface area contributed by atoms with Crippen LogP contribution in [0.25, 0.3) is 26.2 Å². The Bertz CT molecular complexity index is 1620. The third-order valence-electron chi connectivity index (χ3n) is 6.27.